The molecule has 0 unspecified atom stereocenters. The van der Waals surface area contributed by atoms with Crippen molar-refractivity contribution < 1.29 is 0 Å². The normalized spacial score (nSPS) is 13.6. The van der Waals surface area contributed by atoms with Crippen LogP contribution in [-0.2, 0) is 5.41 Å². The largest absolute Gasteiger partial charge is 0.135 e. The minimum atomic E-state index is -0.125. The summed E-state index contributed by atoms with van der Waals surface area (Å²) < 4.78 is 2.77. The van der Waals surface area contributed by atoms with Crippen molar-refractivity contribution in [3.63, 3.8) is 0 Å². The Hall–Kier alpha value is -5.24. The van der Waals surface area contributed by atoms with Gasteiger partial charge in [0.05, 0.1) is 0 Å². The molecule has 0 radical (unpaired) electrons. The Kier molecular flexibility index (Phi) is 5.31. The molecule has 1 aromatic heterocycles. The summed E-state index contributed by atoms with van der Waals surface area (Å²) >= 11 is 1.97. The summed E-state index contributed by atoms with van der Waals surface area (Å²) in [5.74, 6) is 0. The first-order valence-electron chi connectivity index (χ1n) is 16.1. The Morgan fingerprint density at radius 3 is 1.80 bits per heavy atom. The van der Waals surface area contributed by atoms with E-state index in [4.69, 9.17) is 0 Å². The number of thiophene rings is 1. The van der Waals surface area contributed by atoms with Crippen LogP contribution in [0.5, 0.6) is 0 Å². The van der Waals surface area contributed by atoms with Gasteiger partial charge in [0.2, 0.25) is 0 Å². The van der Waals surface area contributed by atoms with Gasteiger partial charge in [-0.2, -0.15) is 0 Å². The highest BCUT2D eigenvalue weighted by molar-refractivity contribution is 7.26. The Bertz CT molecular complexity index is 2710. The Balaban J connectivity index is 1.22. The minimum absolute atomic E-state index is 0.125. The molecule has 0 saturated heterocycles. The Morgan fingerprint density at radius 2 is 1.04 bits per heavy atom. The molecule has 9 aromatic rings. The van der Waals surface area contributed by atoms with E-state index in [1.165, 1.54) is 97.0 Å². The molecule has 1 aliphatic rings. The van der Waals surface area contributed by atoms with Gasteiger partial charge >= 0.3 is 0 Å². The van der Waals surface area contributed by atoms with Crippen LogP contribution in [0.25, 0.3) is 85.9 Å². The fourth-order valence-electron chi connectivity index (χ4n) is 8.31. The van der Waals surface area contributed by atoms with Gasteiger partial charge in [0, 0.05) is 25.6 Å². The number of fused-ring (bicyclic) bond motifs is 11. The van der Waals surface area contributed by atoms with Crippen molar-refractivity contribution in [2.24, 2.45) is 0 Å². The zero-order chi connectivity index (χ0) is 30.6. The summed E-state index contributed by atoms with van der Waals surface area (Å²) in [7, 11) is 0. The van der Waals surface area contributed by atoms with Crippen LogP contribution in [0.2, 0.25) is 0 Å². The minimum Gasteiger partial charge on any atom is -0.135 e. The maximum absolute atomic E-state index is 2.46. The SMILES string of the molecule is CC1(C)c2cc(-c3cccc4ccccc34)ccc2-c2ccc3c(sc4cc(-c5cccc6ccccc56)c5ccccc5c43)c21. The zero-order valence-corrected chi connectivity index (χ0v) is 26.6. The van der Waals surface area contributed by atoms with E-state index in [0.29, 0.717) is 0 Å². The molecule has 1 heterocycles. The van der Waals surface area contributed by atoms with E-state index >= 15 is 0 Å². The predicted molar refractivity (Wildman–Crippen MR) is 200 cm³/mol. The lowest BCUT2D eigenvalue weighted by atomic mass is 9.81. The van der Waals surface area contributed by atoms with Crippen LogP contribution in [0.15, 0.2) is 146 Å². The van der Waals surface area contributed by atoms with Crippen molar-refractivity contribution in [3.8, 4) is 33.4 Å². The lowest BCUT2D eigenvalue weighted by molar-refractivity contribution is 0.667. The van der Waals surface area contributed by atoms with E-state index in [-0.39, 0.29) is 5.41 Å². The average molecular weight is 603 g/mol. The predicted octanol–water partition coefficient (Wildman–Crippen LogP) is 13.2. The molecule has 46 heavy (non-hydrogen) atoms. The molecule has 0 fully saturated rings. The molecular formula is C45H30S. The molecule has 1 heteroatoms. The molecule has 0 N–H and O–H groups in total. The molecule has 0 nitrogen and oxygen atoms in total. The Morgan fingerprint density at radius 1 is 0.435 bits per heavy atom. The van der Waals surface area contributed by atoms with Gasteiger partial charge in [-0.3, -0.25) is 0 Å². The van der Waals surface area contributed by atoms with E-state index in [1.54, 1.807) is 0 Å². The fourth-order valence-corrected chi connectivity index (χ4v) is 9.77. The number of hydrogen-bond acceptors (Lipinski definition) is 1. The van der Waals surface area contributed by atoms with Crippen molar-refractivity contribution in [1.82, 2.24) is 0 Å². The topological polar surface area (TPSA) is 0 Å². The molecule has 0 amide bonds. The van der Waals surface area contributed by atoms with E-state index < -0.39 is 0 Å². The third-order valence-corrected chi connectivity index (χ3v) is 11.6. The standard InChI is InChI=1S/C45H30S/c1-45(2)40-25-29(32-19-9-13-27-11-3-5-15-30(27)32)21-22-35(40)37-23-24-38-42-36-18-8-7-17-34(36)39(26-41(42)46-44(38)43(37)45)33-20-10-14-28-12-4-6-16-31(28)33/h3-26H,1-2H3. The van der Waals surface area contributed by atoms with Crippen LogP contribution in [0.4, 0.5) is 0 Å². The number of rotatable bonds is 2. The number of benzene rings is 8. The first-order chi connectivity index (χ1) is 22.6. The van der Waals surface area contributed by atoms with Crippen molar-refractivity contribution in [1.29, 1.82) is 0 Å². The van der Waals surface area contributed by atoms with Crippen molar-refractivity contribution in [2.75, 3.05) is 0 Å². The molecule has 10 rings (SSSR count). The molecule has 8 aromatic carbocycles. The van der Waals surface area contributed by atoms with E-state index in [2.05, 4.69) is 159 Å². The highest BCUT2D eigenvalue weighted by Gasteiger charge is 2.38. The lowest BCUT2D eigenvalue weighted by Crippen LogP contribution is -2.15. The average Bonchev–Trinajstić information content (AvgIpc) is 3.59. The smallest absolute Gasteiger partial charge is 0.0402 e. The molecule has 0 atom stereocenters. The lowest BCUT2D eigenvalue weighted by Gasteiger charge is -2.23. The maximum Gasteiger partial charge on any atom is 0.0402 e. The van der Waals surface area contributed by atoms with E-state index in [1.807, 2.05) is 11.3 Å². The molecule has 0 saturated carbocycles. The van der Waals surface area contributed by atoms with E-state index in [9.17, 15) is 0 Å². The molecule has 216 valence electrons. The second kappa shape index (κ2) is 9.39. The molecule has 1 aliphatic carbocycles. The van der Waals surface area contributed by atoms with Crippen LogP contribution < -0.4 is 0 Å². The monoisotopic (exact) mass is 602 g/mol. The van der Waals surface area contributed by atoms with Gasteiger partial charge in [-0.15, -0.1) is 11.3 Å². The fraction of sp³-hybridized carbons (Fsp3) is 0.0667. The maximum atomic E-state index is 2.46. The summed E-state index contributed by atoms with van der Waals surface area (Å²) in [6.07, 6.45) is 0. The Labute approximate surface area is 272 Å². The van der Waals surface area contributed by atoms with Gasteiger partial charge in [0.25, 0.3) is 0 Å². The summed E-state index contributed by atoms with van der Waals surface area (Å²) in [5.41, 5.74) is 10.7. The van der Waals surface area contributed by atoms with Gasteiger partial charge < -0.3 is 0 Å². The summed E-state index contributed by atoms with van der Waals surface area (Å²) in [4.78, 5) is 0. The molecule has 0 bridgehead atoms. The van der Waals surface area contributed by atoms with Gasteiger partial charge in [-0.25, -0.2) is 0 Å². The van der Waals surface area contributed by atoms with Crippen molar-refractivity contribution >= 4 is 63.8 Å². The first kappa shape index (κ1) is 26.0. The molecule has 0 aliphatic heterocycles. The summed E-state index contributed by atoms with van der Waals surface area (Å²) in [6.45, 7) is 4.85. The summed E-state index contributed by atoms with van der Waals surface area (Å²) in [6, 6.07) is 54.2. The highest BCUT2D eigenvalue weighted by atomic mass is 32.1. The molecule has 0 spiro atoms. The van der Waals surface area contributed by atoms with Gasteiger partial charge in [0.1, 0.15) is 0 Å². The van der Waals surface area contributed by atoms with Gasteiger partial charge in [0.15, 0.2) is 0 Å². The molecular weight excluding hydrogens is 573 g/mol. The van der Waals surface area contributed by atoms with Crippen LogP contribution in [0.3, 0.4) is 0 Å². The third kappa shape index (κ3) is 3.49. The van der Waals surface area contributed by atoms with Gasteiger partial charge in [-0.05, 0) is 89.0 Å². The second-order valence-corrected chi connectivity index (χ2v) is 14.3. The van der Waals surface area contributed by atoms with Gasteiger partial charge in [-0.1, -0.05) is 147 Å². The van der Waals surface area contributed by atoms with Crippen LogP contribution in [0.1, 0.15) is 25.0 Å². The van der Waals surface area contributed by atoms with Crippen molar-refractivity contribution in [3.05, 3.63) is 157 Å². The van der Waals surface area contributed by atoms with Crippen LogP contribution in [-0.4, -0.2) is 0 Å². The quantitative estimate of drug-likeness (QED) is 0.185. The van der Waals surface area contributed by atoms with E-state index in [0.717, 1.165) is 0 Å². The zero-order valence-electron chi connectivity index (χ0n) is 25.8. The summed E-state index contributed by atoms with van der Waals surface area (Å²) in [5, 5.41) is 10.6. The third-order valence-electron chi connectivity index (χ3n) is 10.4. The van der Waals surface area contributed by atoms with Crippen LogP contribution >= 0.6 is 11.3 Å². The van der Waals surface area contributed by atoms with Crippen molar-refractivity contribution in [2.45, 2.75) is 19.3 Å². The van der Waals surface area contributed by atoms with Crippen LogP contribution in [0, 0.1) is 0 Å². The second-order valence-electron chi connectivity index (χ2n) is 13.2. The number of hydrogen-bond donors (Lipinski definition) is 0. The first-order valence-corrected chi connectivity index (χ1v) is 16.9. The highest BCUT2D eigenvalue weighted by Crippen LogP contribution is 2.55.